The molecule has 0 saturated carbocycles. The molecule has 0 aliphatic carbocycles. The van der Waals surface area contributed by atoms with Crippen LogP contribution >= 0.6 is 23.5 Å². The van der Waals surface area contributed by atoms with Gasteiger partial charge in [0, 0.05) is 24.3 Å². The summed E-state index contributed by atoms with van der Waals surface area (Å²) in [5.74, 6) is -2.71. The Bertz CT molecular complexity index is 1200. The Balaban J connectivity index is 1.38. The summed E-state index contributed by atoms with van der Waals surface area (Å²) in [7, 11) is 0. The summed E-state index contributed by atoms with van der Waals surface area (Å²) >= 11 is 2.43. The Morgan fingerprint density at radius 3 is 2.67 bits per heavy atom. The molecule has 14 heteroatoms. The molecule has 1 fully saturated rings. The van der Waals surface area contributed by atoms with Crippen LogP contribution in [0.25, 0.3) is 0 Å². The van der Waals surface area contributed by atoms with Crippen LogP contribution in [0.2, 0.25) is 0 Å². The lowest BCUT2D eigenvalue weighted by Crippen LogP contribution is -2.70. The van der Waals surface area contributed by atoms with Gasteiger partial charge in [0.05, 0.1) is 0 Å². The normalized spacial score (nSPS) is 19.9. The number of aliphatic carboxylic acids is 2. The fourth-order valence-electron chi connectivity index (χ4n) is 3.75. The molecule has 2 aliphatic rings. The largest absolute Gasteiger partial charge is 0.481 e. The number of rotatable bonds is 11. The fraction of sp³-hybridized carbons (Fsp3) is 0.364. The lowest BCUT2D eigenvalue weighted by Gasteiger charge is -2.49. The van der Waals surface area contributed by atoms with Crippen LogP contribution in [0, 0.1) is 0 Å². The highest BCUT2D eigenvalue weighted by Gasteiger charge is 2.54. The van der Waals surface area contributed by atoms with Gasteiger partial charge in [-0.2, -0.15) is 0 Å². The van der Waals surface area contributed by atoms with E-state index in [0.29, 0.717) is 35.6 Å². The number of hydrogen-bond acceptors (Lipinski definition) is 10. The maximum atomic E-state index is 12.8. The van der Waals surface area contributed by atoms with Crippen LogP contribution < -0.4 is 5.32 Å². The molecule has 4 rings (SSSR count). The fourth-order valence-corrected chi connectivity index (χ4v) is 6.02. The summed E-state index contributed by atoms with van der Waals surface area (Å²) in [6, 6.07) is 7.33. The smallest absolute Gasteiger partial charge is 0.352 e. The minimum Gasteiger partial charge on any atom is -0.481 e. The van der Waals surface area contributed by atoms with Crippen LogP contribution in [0.1, 0.15) is 30.4 Å². The number of amides is 2. The zero-order chi connectivity index (χ0) is 25.8. The van der Waals surface area contributed by atoms with Crippen LogP contribution in [0.4, 0.5) is 0 Å². The van der Waals surface area contributed by atoms with E-state index in [0.717, 1.165) is 16.7 Å². The van der Waals surface area contributed by atoms with Gasteiger partial charge in [-0.15, -0.1) is 22.0 Å². The summed E-state index contributed by atoms with van der Waals surface area (Å²) in [5.41, 5.74) is 0.722. The number of carbonyl (C=O) groups is 4. The maximum absolute atomic E-state index is 12.8. The molecule has 36 heavy (non-hydrogen) atoms. The molecule has 2 aliphatic heterocycles. The molecule has 1 unspecified atom stereocenters. The van der Waals surface area contributed by atoms with E-state index in [1.54, 1.807) is 30.3 Å². The maximum Gasteiger partial charge on any atom is 0.352 e. The number of aliphatic hydroxyl groups is 1. The van der Waals surface area contributed by atoms with Crippen molar-refractivity contribution < 1.29 is 38.9 Å². The summed E-state index contributed by atoms with van der Waals surface area (Å²) in [6.45, 7) is 0. The van der Waals surface area contributed by atoms with E-state index in [1.165, 1.54) is 11.8 Å². The first-order valence-electron chi connectivity index (χ1n) is 10.9. The van der Waals surface area contributed by atoms with Crippen molar-refractivity contribution in [2.24, 2.45) is 0 Å². The number of aromatic nitrogens is 2. The molecular formula is C22H22N4O8S2. The van der Waals surface area contributed by atoms with Gasteiger partial charge in [0.25, 0.3) is 17.0 Å². The first kappa shape index (κ1) is 25.7. The summed E-state index contributed by atoms with van der Waals surface area (Å²) in [4.78, 5) is 49.1. The summed E-state index contributed by atoms with van der Waals surface area (Å²) < 4.78 is 5.47. The number of carbonyl (C=O) groups excluding carboxylic acids is 2. The number of fused-ring (bicyclic) bond motifs is 1. The minimum absolute atomic E-state index is 0.0192. The van der Waals surface area contributed by atoms with Crippen molar-refractivity contribution in [2.45, 2.75) is 42.0 Å². The lowest BCUT2D eigenvalue weighted by atomic mass is 10.0. The van der Waals surface area contributed by atoms with Crippen LogP contribution in [-0.4, -0.2) is 77.1 Å². The molecule has 0 radical (unpaired) electrons. The van der Waals surface area contributed by atoms with E-state index < -0.39 is 41.3 Å². The molecule has 2 amide bonds. The summed E-state index contributed by atoms with van der Waals surface area (Å²) in [5, 5.41) is 38.7. The highest BCUT2D eigenvalue weighted by atomic mass is 32.2. The van der Waals surface area contributed by atoms with Gasteiger partial charge in [0.1, 0.15) is 17.1 Å². The monoisotopic (exact) mass is 534 g/mol. The van der Waals surface area contributed by atoms with Gasteiger partial charge in [-0.3, -0.25) is 19.3 Å². The van der Waals surface area contributed by atoms with E-state index in [2.05, 4.69) is 15.5 Å². The van der Waals surface area contributed by atoms with E-state index in [-0.39, 0.29) is 23.1 Å². The predicted octanol–water partition coefficient (Wildman–Crippen LogP) is 1.04. The Kier molecular flexibility index (Phi) is 7.96. The van der Waals surface area contributed by atoms with Crippen LogP contribution in [0.15, 0.2) is 51.2 Å². The quantitative estimate of drug-likeness (QED) is 0.238. The second-order valence-corrected chi connectivity index (χ2v) is 10.00. The zero-order valence-electron chi connectivity index (χ0n) is 18.7. The van der Waals surface area contributed by atoms with E-state index in [9.17, 15) is 29.4 Å². The van der Waals surface area contributed by atoms with Crippen molar-refractivity contribution in [3.05, 3.63) is 53.1 Å². The van der Waals surface area contributed by atoms with Crippen molar-refractivity contribution in [1.82, 2.24) is 20.4 Å². The molecule has 0 bridgehead atoms. The van der Waals surface area contributed by atoms with Crippen molar-refractivity contribution >= 4 is 47.3 Å². The molecule has 3 atom stereocenters. The highest BCUT2D eigenvalue weighted by molar-refractivity contribution is 8.01. The van der Waals surface area contributed by atoms with Gasteiger partial charge in [-0.25, -0.2) is 4.79 Å². The first-order valence-corrected chi connectivity index (χ1v) is 12.9. The number of carboxylic acid groups (broad SMARTS) is 2. The van der Waals surface area contributed by atoms with Crippen molar-refractivity contribution in [2.75, 3.05) is 11.5 Å². The van der Waals surface area contributed by atoms with E-state index >= 15 is 0 Å². The second kappa shape index (κ2) is 11.1. The minimum atomic E-state index is -1.45. The van der Waals surface area contributed by atoms with Gasteiger partial charge in [-0.05, 0) is 17.6 Å². The van der Waals surface area contributed by atoms with Crippen LogP contribution in [0.3, 0.4) is 0 Å². The van der Waals surface area contributed by atoms with Gasteiger partial charge < -0.3 is 25.1 Å². The highest BCUT2D eigenvalue weighted by Crippen LogP contribution is 2.41. The van der Waals surface area contributed by atoms with Gasteiger partial charge >= 0.3 is 11.9 Å². The molecule has 190 valence electrons. The number of benzene rings is 1. The lowest BCUT2D eigenvalue weighted by molar-refractivity contribution is -0.151. The number of β-lactam (4-membered cyclic amide) rings is 1. The molecular weight excluding hydrogens is 512 g/mol. The van der Waals surface area contributed by atoms with Crippen molar-refractivity contribution in [3.63, 3.8) is 0 Å². The number of nitrogens with one attached hydrogen (secondary N) is 1. The molecule has 1 aromatic carbocycles. The topological polar surface area (TPSA) is 183 Å². The number of aryl methyl sites for hydroxylation is 1. The third-order valence-electron chi connectivity index (χ3n) is 5.51. The zero-order valence-corrected chi connectivity index (χ0v) is 20.3. The van der Waals surface area contributed by atoms with Gasteiger partial charge in [0.2, 0.25) is 5.89 Å². The van der Waals surface area contributed by atoms with E-state index in [4.69, 9.17) is 9.52 Å². The molecule has 0 spiro atoms. The number of hydrogen-bond donors (Lipinski definition) is 4. The first-order chi connectivity index (χ1) is 17.3. The molecule has 12 nitrogen and oxygen atoms in total. The van der Waals surface area contributed by atoms with Crippen molar-refractivity contribution in [3.8, 4) is 0 Å². The average Bonchev–Trinajstić information content (AvgIpc) is 3.32. The third kappa shape index (κ3) is 5.55. The Labute approximate surface area is 213 Å². The molecule has 2 aromatic rings. The third-order valence-corrected chi connectivity index (χ3v) is 7.76. The Morgan fingerprint density at radius 2 is 1.97 bits per heavy atom. The number of thioether (sulfide) groups is 2. The standard InChI is InChI=1S/C22H22N4O8S2/c27-14(28)8-4-7-13-24-25-22(34-13)36-10-12-9-35-20-15(19(31)26(20)16(12)21(32)33)23-18(30)17(29)11-5-2-1-3-6-11/h1-3,5-6,15,17,20,29H,4,7-10H2,(H,23,30)(H,27,28)(H,32,33)/t15?,17-,20-/m1/s1. The Morgan fingerprint density at radius 1 is 1.22 bits per heavy atom. The molecule has 1 saturated heterocycles. The molecule has 3 heterocycles. The number of carboxylic acids is 2. The van der Waals surface area contributed by atoms with Gasteiger partial charge in [-0.1, -0.05) is 42.1 Å². The second-order valence-electron chi connectivity index (χ2n) is 7.96. The van der Waals surface area contributed by atoms with Crippen LogP contribution in [-0.2, 0) is 25.6 Å². The SMILES string of the molecule is O=C(O)CCCc1nnc(SCC2=C(C(=O)O)N3C(=O)C(NC(=O)[C@H](O)c4ccccc4)[C@H]3SC2)o1. The van der Waals surface area contributed by atoms with E-state index in [1.807, 2.05) is 0 Å². The van der Waals surface area contributed by atoms with Crippen molar-refractivity contribution in [1.29, 1.82) is 0 Å². The molecule has 1 aromatic heterocycles. The predicted molar refractivity (Wildman–Crippen MR) is 127 cm³/mol. The number of aliphatic hydroxyl groups excluding tert-OH is 1. The average molecular weight is 535 g/mol. The summed E-state index contributed by atoms with van der Waals surface area (Å²) in [6.07, 6.45) is -0.805. The van der Waals surface area contributed by atoms with Crippen LogP contribution in [0.5, 0.6) is 0 Å². The molecule has 4 N–H and O–H groups in total. The number of nitrogens with zero attached hydrogens (tertiary/aromatic N) is 3. The van der Waals surface area contributed by atoms with Gasteiger partial charge in [0.15, 0.2) is 6.10 Å². The Hall–Kier alpha value is -3.36.